The zero-order chi connectivity index (χ0) is 32.0. The van der Waals surface area contributed by atoms with Gasteiger partial charge in [0, 0.05) is 17.5 Å². The quantitative estimate of drug-likeness (QED) is 0.270. The van der Waals surface area contributed by atoms with E-state index in [9.17, 15) is 53.1 Å². The molecule has 234 valence electrons. The molecule has 1 aliphatic heterocycles. The number of ketones is 2. The normalized spacial score (nSPS) is 32.2. The third-order valence-corrected chi connectivity index (χ3v) is 9.70. The van der Waals surface area contributed by atoms with Gasteiger partial charge in [-0.15, -0.1) is 0 Å². The number of aliphatic hydroxyl groups excluding tert-OH is 3. The minimum Gasteiger partial charge on any atom is -0.508 e. The Morgan fingerprint density at radius 1 is 1.14 bits per heavy atom. The van der Waals surface area contributed by atoms with Gasteiger partial charge in [0.25, 0.3) is 5.91 Å². The second-order valence-corrected chi connectivity index (χ2v) is 12.4. The number of carbonyl (C=O) groups is 3. The molecule has 7 N–H and O–H groups in total. The van der Waals surface area contributed by atoms with Crippen molar-refractivity contribution in [3.63, 3.8) is 0 Å². The molecule has 0 bridgehead atoms. The fraction of sp³-hybridized carbons (Fsp3) is 0.552. The first-order valence-electron chi connectivity index (χ1n) is 13.8. The van der Waals surface area contributed by atoms with Crippen LogP contribution in [-0.4, -0.2) is 104 Å². The molecule has 1 saturated carbocycles. The van der Waals surface area contributed by atoms with Crippen LogP contribution in [0.1, 0.15) is 36.5 Å². The van der Waals surface area contributed by atoms with E-state index in [4.69, 9.17) is 5.73 Å². The number of carbonyl (C=O) groups excluding carboxylic acids is 3. The largest absolute Gasteiger partial charge is 0.508 e. The maximum absolute atomic E-state index is 14.1. The fourth-order valence-electron chi connectivity index (χ4n) is 7.42. The molecule has 1 heterocycles. The average Bonchev–Trinajstić information content (AvgIpc) is 2.90. The van der Waals surface area contributed by atoms with Crippen molar-refractivity contribution in [2.24, 2.45) is 23.0 Å². The van der Waals surface area contributed by atoms with Crippen molar-refractivity contribution in [2.75, 3.05) is 27.2 Å². The van der Waals surface area contributed by atoms with E-state index in [1.165, 1.54) is 25.9 Å². The van der Waals surface area contributed by atoms with E-state index in [-0.39, 0.29) is 50.0 Å². The van der Waals surface area contributed by atoms with E-state index in [1.807, 2.05) is 0 Å². The molecular formula is C29H34F3N3O8. The summed E-state index contributed by atoms with van der Waals surface area (Å²) in [6, 6.07) is 1.67. The van der Waals surface area contributed by atoms with E-state index >= 15 is 0 Å². The highest BCUT2D eigenvalue weighted by Gasteiger charge is 2.70. The molecule has 1 aromatic carbocycles. The van der Waals surface area contributed by atoms with Crippen molar-refractivity contribution in [2.45, 2.75) is 56.7 Å². The Kier molecular flexibility index (Phi) is 7.24. The number of primary amides is 1. The number of fused-ring (bicyclic) bond motifs is 3. The number of likely N-dealkylation sites (N-methyl/N-ethyl adjacent to an activating group) is 1. The first-order chi connectivity index (χ1) is 19.9. The molecule has 1 amide bonds. The number of hydrogen-bond donors (Lipinski definition) is 6. The number of aromatic hydroxyl groups is 1. The summed E-state index contributed by atoms with van der Waals surface area (Å²) < 4.78 is 39.3. The molecule has 5 atom stereocenters. The molecule has 14 heteroatoms. The summed E-state index contributed by atoms with van der Waals surface area (Å²) in [5, 5.41) is 57.3. The van der Waals surface area contributed by atoms with Crippen molar-refractivity contribution in [1.29, 1.82) is 0 Å². The SMILES string of the molecule is CN(C)C1C(=O)C(C(N)=O)=C(O)[C@@]2(O)C(=O)C3=C(O)c4c(ccc(CN5CCC(C(F)(F)F)CC5)c4O)C[C@@]3(C)[C@H](O)C12. The fourth-order valence-corrected chi connectivity index (χ4v) is 7.42. The number of Topliss-reactive ketones (excluding diaryl/α,β-unsaturated/α-hetero) is 2. The third-order valence-electron chi connectivity index (χ3n) is 9.70. The number of alkyl halides is 3. The van der Waals surface area contributed by atoms with Crippen LogP contribution in [-0.2, 0) is 27.3 Å². The van der Waals surface area contributed by atoms with Gasteiger partial charge in [-0.3, -0.25) is 24.2 Å². The number of benzene rings is 1. The predicted molar refractivity (Wildman–Crippen MR) is 144 cm³/mol. The minimum atomic E-state index is -4.29. The maximum atomic E-state index is 14.1. The molecule has 0 radical (unpaired) electrons. The molecule has 5 rings (SSSR count). The summed E-state index contributed by atoms with van der Waals surface area (Å²) in [5.41, 5.74) is -0.390. The zero-order valence-electron chi connectivity index (χ0n) is 23.8. The van der Waals surface area contributed by atoms with Crippen molar-refractivity contribution in [3.05, 3.63) is 45.7 Å². The first kappa shape index (κ1) is 31.0. The van der Waals surface area contributed by atoms with Crippen molar-refractivity contribution in [1.82, 2.24) is 9.80 Å². The van der Waals surface area contributed by atoms with Crippen LogP contribution in [0.25, 0.3) is 5.76 Å². The number of phenols is 1. The smallest absolute Gasteiger partial charge is 0.391 e. The summed E-state index contributed by atoms with van der Waals surface area (Å²) in [7, 11) is 2.85. The number of rotatable bonds is 4. The molecule has 11 nitrogen and oxygen atoms in total. The summed E-state index contributed by atoms with van der Waals surface area (Å²) in [4.78, 5) is 42.6. The topological polar surface area (TPSA) is 185 Å². The lowest BCUT2D eigenvalue weighted by atomic mass is 9.50. The number of piperidine rings is 1. The van der Waals surface area contributed by atoms with E-state index in [1.54, 1.807) is 17.0 Å². The number of halogens is 3. The lowest BCUT2D eigenvalue weighted by Gasteiger charge is -2.56. The molecule has 43 heavy (non-hydrogen) atoms. The molecule has 2 fully saturated rings. The number of amides is 1. The highest BCUT2D eigenvalue weighted by Crippen LogP contribution is 2.58. The van der Waals surface area contributed by atoms with Crippen LogP contribution in [0.5, 0.6) is 5.75 Å². The second kappa shape index (κ2) is 10.0. The van der Waals surface area contributed by atoms with Crippen LogP contribution in [0.4, 0.5) is 13.2 Å². The highest BCUT2D eigenvalue weighted by molar-refractivity contribution is 6.24. The van der Waals surface area contributed by atoms with Gasteiger partial charge in [-0.1, -0.05) is 19.1 Å². The second-order valence-electron chi connectivity index (χ2n) is 12.4. The number of nitrogens with two attached hydrogens (primary N) is 1. The molecule has 2 unspecified atom stereocenters. The van der Waals surface area contributed by atoms with Gasteiger partial charge in [-0.25, -0.2) is 0 Å². The van der Waals surface area contributed by atoms with Crippen molar-refractivity contribution >= 4 is 23.2 Å². The van der Waals surface area contributed by atoms with Crippen LogP contribution in [0.15, 0.2) is 29.0 Å². The summed E-state index contributed by atoms with van der Waals surface area (Å²) in [5.74, 6) is -9.27. The van der Waals surface area contributed by atoms with Gasteiger partial charge in [-0.2, -0.15) is 13.2 Å². The van der Waals surface area contributed by atoms with Gasteiger partial charge >= 0.3 is 6.18 Å². The monoisotopic (exact) mass is 609 g/mol. The summed E-state index contributed by atoms with van der Waals surface area (Å²) in [6.07, 6.45) is -6.35. The molecule has 3 aliphatic carbocycles. The van der Waals surface area contributed by atoms with Gasteiger partial charge < -0.3 is 31.3 Å². The first-order valence-corrected chi connectivity index (χ1v) is 13.8. The summed E-state index contributed by atoms with van der Waals surface area (Å²) >= 11 is 0. The maximum Gasteiger partial charge on any atom is 0.391 e. The number of likely N-dealkylation sites (tertiary alicyclic amines) is 1. The molecule has 1 saturated heterocycles. The number of aliphatic hydroxyl groups is 4. The number of nitrogens with zero attached hydrogens (tertiary/aromatic N) is 2. The molecule has 0 spiro atoms. The lowest BCUT2D eigenvalue weighted by Crippen LogP contribution is -2.72. The Morgan fingerprint density at radius 2 is 1.74 bits per heavy atom. The van der Waals surface area contributed by atoms with Gasteiger partial charge in [0.05, 0.1) is 35.1 Å². The molecular weight excluding hydrogens is 575 g/mol. The highest BCUT2D eigenvalue weighted by atomic mass is 19.4. The van der Waals surface area contributed by atoms with Gasteiger partial charge in [-0.05, 0) is 52.0 Å². The van der Waals surface area contributed by atoms with Crippen LogP contribution in [0, 0.1) is 17.3 Å². The van der Waals surface area contributed by atoms with Crippen LogP contribution < -0.4 is 5.73 Å². The Morgan fingerprint density at radius 3 is 2.28 bits per heavy atom. The number of hydrogen-bond acceptors (Lipinski definition) is 10. The van der Waals surface area contributed by atoms with Crippen LogP contribution in [0.2, 0.25) is 0 Å². The minimum absolute atomic E-state index is 0.0598. The molecule has 4 aliphatic rings. The van der Waals surface area contributed by atoms with Gasteiger partial charge in [0.2, 0.25) is 5.78 Å². The van der Waals surface area contributed by atoms with E-state index in [0.29, 0.717) is 5.56 Å². The molecule has 1 aromatic rings. The van der Waals surface area contributed by atoms with Gasteiger partial charge in [0.15, 0.2) is 11.4 Å². The molecule has 0 aromatic heterocycles. The standard InChI is InChI=1S/C29H34F3N3O8/c1-27-10-12-4-5-13(11-35-8-6-14(7-9-35)29(30,31)32)20(36)15(12)21(37)18(27)25(41)28(43)17(24(27)40)19(34(2)3)22(38)16(23(28)39)26(33)42/h4-5,14,17,19,24,36-37,39-40,43H,6-11H2,1-3H3,(H2,33,42)/t17?,19?,24-,27-,28-/m1/s1. The zero-order valence-corrected chi connectivity index (χ0v) is 23.8. The van der Waals surface area contributed by atoms with Gasteiger partial charge in [0.1, 0.15) is 22.8 Å². The number of phenolic OH excluding ortho intramolecular Hbond substituents is 1. The van der Waals surface area contributed by atoms with Crippen molar-refractivity contribution < 1.29 is 53.1 Å². The summed E-state index contributed by atoms with van der Waals surface area (Å²) in [6.45, 7) is 1.76. The predicted octanol–water partition coefficient (Wildman–Crippen LogP) is 1.10. The Balaban J connectivity index is 1.60. The van der Waals surface area contributed by atoms with E-state index in [2.05, 4.69) is 0 Å². The lowest BCUT2D eigenvalue weighted by molar-refractivity contribution is -0.185. The Bertz CT molecular complexity index is 1480. The average molecular weight is 610 g/mol. The Hall–Kier alpha value is -3.46. The van der Waals surface area contributed by atoms with E-state index in [0.717, 1.165) is 0 Å². The van der Waals surface area contributed by atoms with E-state index < -0.39 is 87.1 Å². The van der Waals surface area contributed by atoms with Crippen molar-refractivity contribution in [3.8, 4) is 5.75 Å². The Labute approximate surface area is 244 Å². The third kappa shape index (κ3) is 4.37. The van der Waals surface area contributed by atoms with Crippen LogP contribution >= 0.6 is 0 Å². The van der Waals surface area contributed by atoms with Crippen LogP contribution in [0.3, 0.4) is 0 Å².